The van der Waals surface area contributed by atoms with Crippen molar-refractivity contribution in [3.05, 3.63) is 46.3 Å². The molecule has 10 nitrogen and oxygen atoms in total. The van der Waals surface area contributed by atoms with Gasteiger partial charge in [0.15, 0.2) is 0 Å². The van der Waals surface area contributed by atoms with Crippen molar-refractivity contribution in [2.45, 2.75) is 72.7 Å². The Kier molecular flexibility index (Phi) is 10.5. The third-order valence-electron chi connectivity index (χ3n) is 5.88. The Labute approximate surface area is 207 Å². The quantitative estimate of drug-likeness (QED) is 0.213. The number of ether oxygens (including phenoxy) is 2. The highest BCUT2D eigenvalue weighted by Gasteiger charge is 2.43. The fourth-order valence-corrected chi connectivity index (χ4v) is 4.09. The third-order valence-corrected chi connectivity index (χ3v) is 5.88. The highest BCUT2D eigenvalue weighted by atomic mass is 16.5. The normalized spacial score (nSPS) is 18.3. The fraction of sp³-hybridized carbons (Fsp3) is 0.640. The number of rotatable bonds is 10. The van der Waals surface area contributed by atoms with E-state index in [1.165, 1.54) is 9.80 Å². The van der Waals surface area contributed by atoms with Crippen LogP contribution in [0.2, 0.25) is 0 Å². The lowest BCUT2D eigenvalue weighted by Crippen LogP contribution is -2.56. The standard InChI is InChI=1S/C25H37N5O5/c1-16(2)12-20-23(31)30(15-34-14-29(20)24(32)21(17(3)4)27-28-26)22(18(5)6)25(33)35-13-19-10-8-7-9-11-19/h7-11,16-18,20-22H,12-15H2,1-6H3/t20-,21-,22-/m0/s1. The monoisotopic (exact) mass is 487 g/mol. The van der Waals surface area contributed by atoms with Gasteiger partial charge in [-0.1, -0.05) is 77.0 Å². The van der Waals surface area contributed by atoms with Gasteiger partial charge >= 0.3 is 5.97 Å². The Hall–Kier alpha value is -3.10. The molecule has 0 spiro atoms. The molecule has 1 heterocycles. The van der Waals surface area contributed by atoms with E-state index >= 15 is 0 Å². The van der Waals surface area contributed by atoms with Crippen LogP contribution in [0.4, 0.5) is 0 Å². The van der Waals surface area contributed by atoms with Gasteiger partial charge in [0, 0.05) is 4.91 Å². The summed E-state index contributed by atoms with van der Waals surface area (Å²) in [4.78, 5) is 45.8. The van der Waals surface area contributed by atoms with E-state index < -0.39 is 30.0 Å². The number of benzene rings is 1. The zero-order valence-electron chi connectivity index (χ0n) is 21.5. The first kappa shape index (κ1) is 28.1. The van der Waals surface area contributed by atoms with Crippen molar-refractivity contribution in [1.29, 1.82) is 0 Å². The van der Waals surface area contributed by atoms with Crippen LogP contribution in [0.5, 0.6) is 0 Å². The molecule has 0 aromatic heterocycles. The molecule has 1 aromatic rings. The summed E-state index contributed by atoms with van der Waals surface area (Å²) in [5.74, 6) is -1.81. The summed E-state index contributed by atoms with van der Waals surface area (Å²) in [7, 11) is 0. The Morgan fingerprint density at radius 2 is 1.77 bits per heavy atom. The molecule has 0 aliphatic carbocycles. The van der Waals surface area contributed by atoms with Gasteiger partial charge in [-0.05, 0) is 35.3 Å². The van der Waals surface area contributed by atoms with E-state index in [0.29, 0.717) is 6.42 Å². The number of azide groups is 1. The molecule has 2 rings (SSSR count). The van der Waals surface area contributed by atoms with Crippen molar-refractivity contribution in [3.63, 3.8) is 0 Å². The summed E-state index contributed by atoms with van der Waals surface area (Å²) >= 11 is 0. The first-order valence-corrected chi connectivity index (χ1v) is 12.0. The van der Waals surface area contributed by atoms with E-state index in [-0.39, 0.29) is 43.7 Å². The molecule has 0 radical (unpaired) electrons. The number of hydrogen-bond donors (Lipinski definition) is 0. The summed E-state index contributed by atoms with van der Waals surface area (Å²) < 4.78 is 11.3. The molecular weight excluding hydrogens is 450 g/mol. The van der Waals surface area contributed by atoms with Crippen LogP contribution in [-0.2, 0) is 30.5 Å². The molecule has 192 valence electrons. The number of esters is 1. The lowest BCUT2D eigenvalue weighted by molar-refractivity contribution is -0.162. The van der Waals surface area contributed by atoms with Gasteiger partial charge in [0.25, 0.3) is 0 Å². The van der Waals surface area contributed by atoms with Crippen molar-refractivity contribution in [1.82, 2.24) is 9.80 Å². The first-order valence-electron chi connectivity index (χ1n) is 12.0. The van der Waals surface area contributed by atoms with Crippen molar-refractivity contribution < 1.29 is 23.9 Å². The molecule has 35 heavy (non-hydrogen) atoms. The Bertz CT molecular complexity index is 914. The van der Waals surface area contributed by atoms with Gasteiger partial charge in [-0.15, -0.1) is 0 Å². The molecular formula is C25H37N5O5. The minimum absolute atomic E-state index is 0.0821. The summed E-state index contributed by atoms with van der Waals surface area (Å²) in [5, 5.41) is 3.67. The number of carbonyl (C=O) groups is 3. The number of hydrogen-bond acceptors (Lipinski definition) is 6. The number of nitrogens with zero attached hydrogens (tertiary/aromatic N) is 5. The second-order valence-electron chi connectivity index (χ2n) is 9.90. The van der Waals surface area contributed by atoms with Crippen molar-refractivity contribution in [2.75, 3.05) is 13.5 Å². The second kappa shape index (κ2) is 13.1. The lowest BCUT2D eigenvalue weighted by atomic mass is 9.96. The maximum atomic E-state index is 13.8. The maximum absolute atomic E-state index is 13.8. The molecule has 1 fully saturated rings. The molecule has 2 amide bonds. The van der Waals surface area contributed by atoms with E-state index in [0.717, 1.165) is 5.56 Å². The van der Waals surface area contributed by atoms with Crippen LogP contribution in [0.15, 0.2) is 35.4 Å². The van der Waals surface area contributed by atoms with Crippen LogP contribution in [0, 0.1) is 17.8 Å². The Morgan fingerprint density at radius 3 is 2.31 bits per heavy atom. The summed E-state index contributed by atoms with van der Waals surface area (Å²) in [6.07, 6.45) is 0.370. The molecule has 10 heteroatoms. The average Bonchev–Trinajstić information content (AvgIpc) is 2.95. The highest BCUT2D eigenvalue weighted by Crippen LogP contribution is 2.25. The van der Waals surface area contributed by atoms with Gasteiger partial charge in [0.05, 0.1) is 0 Å². The number of carbonyl (C=O) groups excluding carboxylic acids is 3. The van der Waals surface area contributed by atoms with E-state index in [2.05, 4.69) is 10.0 Å². The van der Waals surface area contributed by atoms with Crippen LogP contribution in [0.3, 0.4) is 0 Å². The smallest absolute Gasteiger partial charge is 0.329 e. The predicted octanol–water partition coefficient (Wildman–Crippen LogP) is 4.11. The Balaban J connectivity index is 2.33. The van der Waals surface area contributed by atoms with Crippen LogP contribution in [-0.4, -0.2) is 59.2 Å². The molecule has 1 aromatic carbocycles. The van der Waals surface area contributed by atoms with Gasteiger partial charge in [0.2, 0.25) is 11.8 Å². The molecule has 0 N–H and O–H groups in total. The van der Waals surface area contributed by atoms with Gasteiger partial charge in [-0.3, -0.25) is 9.59 Å². The predicted molar refractivity (Wildman–Crippen MR) is 130 cm³/mol. The minimum atomic E-state index is -0.964. The topological polar surface area (TPSA) is 125 Å². The van der Waals surface area contributed by atoms with Gasteiger partial charge in [-0.2, -0.15) is 0 Å². The lowest BCUT2D eigenvalue weighted by Gasteiger charge is -2.35. The zero-order valence-corrected chi connectivity index (χ0v) is 21.5. The average molecular weight is 488 g/mol. The summed E-state index contributed by atoms with van der Waals surface area (Å²) in [6.45, 7) is 10.9. The summed E-state index contributed by atoms with van der Waals surface area (Å²) in [6, 6.07) is 6.61. The van der Waals surface area contributed by atoms with Crippen LogP contribution in [0.25, 0.3) is 10.4 Å². The van der Waals surface area contributed by atoms with Crippen LogP contribution < -0.4 is 0 Å². The minimum Gasteiger partial charge on any atom is -0.459 e. The largest absolute Gasteiger partial charge is 0.459 e. The van der Waals surface area contributed by atoms with Crippen molar-refractivity contribution >= 4 is 17.8 Å². The summed E-state index contributed by atoms with van der Waals surface area (Å²) in [5.41, 5.74) is 9.79. The SMILES string of the molecule is CC(C)C[C@H]1C(=O)N([C@H](C(=O)OCc2ccccc2)C(C)C)COCN1C(=O)[C@@H](N=[N+]=[N-])C(C)C. The van der Waals surface area contributed by atoms with E-state index in [1.807, 2.05) is 58.0 Å². The van der Waals surface area contributed by atoms with Crippen molar-refractivity contribution in [3.8, 4) is 0 Å². The molecule has 1 aliphatic rings. The molecule has 0 unspecified atom stereocenters. The first-order chi connectivity index (χ1) is 16.6. The Morgan fingerprint density at radius 1 is 1.11 bits per heavy atom. The van der Waals surface area contributed by atoms with Gasteiger partial charge in [-0.25, -0.2) is 4.79 Å². The second-order valence-corrected chi connectivity index (χ2v) is 9.90. The highest BCUT2D eigenvalue weighted by molar-refractivity contribution is 5.92. The van der Waals surface area contributed by atoms with E-state index in [9.17, 15) is 14.4 Å². The van der Waals surface area contributed by atoms with Crippen molar-refractivity contribution in [2.24, 2.45) is 22.9 Å². The van der Waals surface area contributed by atoms with E-state index in [1.54, 1.807) is 13.8 Å². The molecule has 3 atom stereocenters. The third kappa shape index (κ3) is 7.44. The molecule has 1 saturated heterocycles. The molecule has 0 bridgehead atoms. The fourth-order valence-electron chi connectivity index (χ4n) is 4.09. The zero-order chi connectivity index (χ0) is 26.1. The van der Waals surface area contributed by atoms with Crippen LogP contribution in [0.1, 0.15) is 53.5 Å². The molecule has 0 saturated carbocycles. The molecule has 1 aliphatic heterocycles. The van der Waals surface area contributed by atoms with Gasteiger partial charge in [0.1, 0.15) is 38.2 Å². The van der Waals surface area contributed by atoms with Crippen LogP contribution >= 0.6 is 0 Å². The van der Waals surface area contributed by atoms with Gasteiger partial charge < -0.3 is 19.3 Å². The maximum Gasteiger partial charge on any atom is 0.329 e. The number of amides is 2. The van der Waals surface area contributed by atoms with E-state index in [4.69, 9.17) is 15.0 Å².